The predicted molar refractivity (Wildman–Crippen MR) is 92.3 cm³/mol. The maximum Gasteiger partial charge on any atom is 0.334 e. The molecule has 0 bridgehead atoms. The van der Waals surface area contributed by atoms with Crippen LogP contribution in [0, 0.1) is 17.8 Å². The van der Waals surface area contributed by atoms with Gasteiger partial charge in [-0.25, -0.2) is 9.59 Å². The van der Waals surface area contributed by atoms with Crippen LogP contribution >= 0.6 is 0 Å². The zero-order chi connectivity index (χ0) is 18.5. The first kappa shape index (κ1) is 17.7. The minimum absolute atomic E-state index is 0.0413. The van der Waals surface area contributed by atoms with Gasteiger partial charge in [0.05, 0.1) is 12.0 Å². The van der Waals surface area contributed by atoms with Crippen molar-refractivity contribution in [1.29, 1.82) is 0 Å². The number of carbonyl (C=O) groups excluding carboxylic acids is 2. The summed E-state index contributed by atoms with van der Waals surface area (Å²) in [5, 5.41) is 10.5. The maximum atomic E-state index is 12.0. The molecule has 3 rings (SSSR count). The number of hydrogen-bond donors (Lipinski definition) is 1. The van der Waals surface area contributed by atoms with Crippen LogP contribution in [0.15, 0.2) is 48.1 Å². The molecule has 134 valence electrons. The Morgan fingerprint density at radius 2 is 1.96 bits per heavy atom. The molecule has 0 aromatic carbocycles. The molecule has 1 saturated heterocycles. The summed E-state index contributed by atoms with van der Waals surface area (Å²) in [6.45, 7) is 15.7. The molecule has 6 atom stereocenters. The average molecular weight is 344 g/mol. The summed E-state index contributed by atoms with van der Waals surface area (Å²) in [6.07, 6.45) is 0.643. The van der Waals surface area contributed by atoms with Crippen molar-refractivity contribution >= 4 is 11.9 Å². The molecule has 0 unspecified atom stereocenters. The number of aliphatic hydroxyl groups is 1. The van der Waals surface area contributed by atoms with Gasteiger partial charge in [-0.2, -0.15) is 0 Å². The molecule has 0 aromatic heterocycles. The van der Waals surface area contributed by atoms with E-state index in [1.807, 2.05) is 13.8 Å². The van der Waals surface area contributed by atoms with Crippen LogP contribution in [0.5, 0.6) is 0 Å². The standard InChI is InChI=1S/C20H24O5/c1-9(2)6-16(22)24-15-8-13-10(3)7-14(21)18-12(5)20(23)25-19(18)17(13)11(15)4/h6,13-15,17-19,21H,3-5,7-8H2,1-2H3/t13-,14-,15-,17-,18+,19+/m0/s1. The van der Waals surface area contributed by atoms with Crippen LogP contribution in [0.25, 0.3) is 0 Å². The van der Waals surface area contributed by atoms with Crippen molar-refractivity contribution < 1.29 is 24.2 Å². The Kier molecular flexibility index (Phi) is 4.45. The van der Waals surface area contributed by atoms with Gasteiger partial charge >= 0.3 is 11.9 Å². The van der Waals surface area contributed by atoms with Gasteiger partial charge in [0.15, 0.2) is 0 Å². The fourth-order valence-electron chi connectivity index (χ4n) is 4.30. The molecule has 5 nitrogen and oxygen atoms in total. The predicted octanol–water partition coefficient (Wildman–Crippen LogP) is 2.48. The van der Waals surface area contributed by atoms with E-state index >= 15 is 0 Å². The summed E-state index contributed by atoms with van der Waals surface area (Å²) in [6, 6.07) is 0. The second kappa shape index (κ2) is 6.30. The fourth-order valence-corrected chi connectivity index (χ4v) is 4.30. The summed E-state index contributed by atoms with van der Waals surface area (Å²) in [5.41, 5.74) is 2.74. The smallest absolute Gasteiger partial charge is 0.334 e. The second-order valence-electron chi connectivity index (χ2n) is 7.44. The summed E-state index contributed by atoms with van der Waals surface area (Å²) < 4.78 is 11.1. The number of esters is 2. The molecular weight excluding hydrogens is 320 g/mol. The minimum Gasteiger partial charge on any atom is -0.458 e. The lowest BCUT2D eigenvalue weighted by molar-refractivity contribution is -0.143. The monoisotopic (exact) mass is 344 g/mol. The maximum absolute atomic E-state index is 12.0. The Hall–Kier alpha value is -2.14. The first-order valence-electron chi connectivity index (χ1n) is 8.50. The van der Waals surface area contributed by atoms with Crippen molar-refractivity contribution in [3.8, 4) is 0 Å². The van der Waals surface area contributed by atoms with Crippen molar-refractivity contribution in [3.05, 3.63) is 48.1 Å². The van der Waals surface area contributed by atoms with Crippen molar-refractivity contribution in [2.75, 3.05) is 0 Å². The molecule has 0 aromatic rings. The van der Waals surface area contributed by atoms with E-state index in [1.54, 1.807) is 0 Å². The van der Waals surface area contributed by atoms with Crippen LogP contribution in [0.3, 0.4) is 0 Å². The van der Waals surface area contributed by atoms with E-state index in [1.165, 1.54) is 6.08 Å². The SMILES string of the molecule is C=C1C(=O)O[C@@H]2[C@H]3C(=C)[C@@H](OC(=O)C=C(C)C)C[C@H]3C(=C)C[C@H](O)[C@@H]12. The minimum atomic E-state index is -0.749. The number of carbonyl (C=O) groups is 2. The molecule has 5 heteroatoms. The van der Waals surface area contributed by atoms with Crippen LogP contribution in [0.1, 0.15) is 26.7 Å². The number of hydrogen-bond acceptors (Lipinski definition) is 5. The molecule has 1 heterocycles. The Morgan fingerprint density at radius 3 is 2.60 bits per heavy atom. The molecule has 1 N–H and O–H groups in total. The van der Waals surface area contributed by atoms with Gasteiger partial charge in [0, 0.05) is 17.6 Å². The highest BCUT2D eigenvalue weighted by molar-refractivity contribution is 5.91. The molecule has 3 aliphatic rings. The highest BCUT2D eigenvalue weighted by atomic mass is 16.6. The lowest BCUT2D eigenvalue weighted by Gasteiger charge is -2.27. The van der Waals surface area contributed by atoms with Gasteiger partial charge in [0.25, 0.3) is 0 Å². The number of rotatable bonds is 2. The van der Waals surface area contributed by atoms with Gasteiger partial charge in [-0.3, -0.25) is 0 Å². The Bertz CT molecular complexity index is 697. The van der Waals surface area contributed by atoms with E-state index in [9.17, 15) is 14.7 Å². The van der Waals surface area contributed by atoms with Crippen LogP contribution in [0.2, 0.25) is 0 Å². The van der Waals surface area contributed by atoms with E-state index < -0.39 is 36.2 Å². The summed E-state index contributed by atoms with van der Waals surface area (Å²) in [4.78, 5) is 24.0. The molecule has 3 fully saturated rings. The summed E-state index contributed by atoms with van der Waals surface area (Å²) >= 11 is 0. The van der Waals surface area contributed by atoms with Crippen LogP contribution in [0.4, 0.5) is 0 Å². The van der Waals surface area contributed by atoms with Gasteiger partial charge in [-0.15, -0.1) is 0 Å². The lowest BCUT2D eigenvalue weighted by Crippen LogP contribution is -2.34. The van der Waals surface area contributed by atoms with Crippen LogP contribution in [-0.2, 0) is 19.1 Å². The third-order valence-electron chi connectivity index (χ3n) is 5.43. The fraction of sp³-hybridized carbons (Fsp3) is 0.500. The van der Waals surface area contributed by atoms with E-state index in [4.69, 9.17) is 9.47 Å². The molecule has 2 aliphatic carbocycles. The Balaban J connectivity index is 1.88. The molecule has 2 saturated carbocycles. The Labute approximate surface area is 147 Å². The lowest BCUT2D eigenvalue weighted by atomic mass is 9.81. The van der Waals surface area contributed by atoms with E-state index in [0.717, 1.165) is 11.1 Å². The Morgan fingerprint density at radius 1 is 1.28 bits per heavy atom. The van der Waals surface area contributed by atoms with E-state index in [-0.39, 0.29) is 11.8 Å². The second-order valence-corrected chi connectivity index (χ2v) is 7.44. The van der Waals surface area contributed by atoms with Gasteiger partial charge in [-0.1, -0.05) is 30.9 Å². The summed E-state index contributed by atoms with van der Waals surface area (Å²) in [7, 11) is 0. The zero-order valence-corrected chi connectivity index (χ0v) is 14.7. The highest BCUT2D eigenvalue weighted by Gasteiger charge is 2.56. The van der Waals surface area contributed by atoms with Crippen LogP contribution in [-0.4, -0.2) is 35.4 Å². The van der Waals surface area contributed by atoms with E-state index in [2.05, 4.69) is 19.7 Å². The first-order chi connectivity index (χ1) is 11.7. The topological polar surface area (TPSA) is 72.8 Å². The molecular formula is C20H24O5. The van der Waals surface area contributed by atoms with Crippen molar-refractivity contribution in [1.82, 2.24) is 0 Å². The number of allylic oxidation sites excluding steroid dienone is 1. The van der Waals surface area contributed by atoms with E-state index in [0.29, 0.717) is 24.0 Å². The van der Waals surface area contributed by atoms with Crippen molar-refractivity contribution in [2.45, 2.75) is 45.0 Å². The quantitative estimate of drug-likeness (QED) is 0.473. The third kappa shape index (κ3) is 2.97. The molecule has 0 amide bonds. The summed E-state index contributed by atoms with van der Waals surface area (Å²) in [5.74, 6) is -1.61. The average Bonchev–Trinajstić information content (AvgIpc) is 2.93. The van der Waals surface area contributed by atoms with Crippen molar-refractivity contribution in [2.24, 2.45) is 17.8 Å². The molecule has 25 heavy (non-hydrogen) atoms. The van der Waals surface area contributed by atoms with Crippen LogP contribution < -0.4 is 0 Å². The molecule has 0 radical (unpaired) electrons. The zero-order valence-electron chi connectivity index (χ0n) is 14.7. The van der Waals surface area contributed by atoms with Gasteiger partial charge in [0.1, 0.15) is 12.2 Å². The number of fused-ring (bicyclic) bond motifs is 3. The van der Waals surface area contributed by atoms with Crippen molar-refractivity contribution in [3.63, 3.8) is 0 Å². The third-order valence-corrected chi connectivity index (χ3v) is 5.43. The number of ether oxygens (including phenoxy) is 2. The molecule has 1 aliphatic heterocycles. The normalized spacial score (nSPS) is 37.1. The molecule has 0 spiro atoms. The van der Waals surface area contributed by atoms with Gasteiger partial charge < -0.3 is 14.6 Å². The number of aliphatic hydroxyl groups excluding tert-OH is 1. The first-order valence-corrected chi connectivity index (χ1v) is 8.50. The largest absolute Gasteiger partial charge is 0.458 e. The van der Waals surface area contributed by atoms with Gasteiger partial charge in [0.2, 0.25) is 0 Å². The van der Waals surface area contributed by atoms with Gasteiger partial charge in [-0.05, 0) is 38.2 Å². The highest BCUT2D eigenvalue weighted by Crippen LogP contribution is 2.52.